The van der Waals surface area contributed by atoms with Crippen LogP contribution >= 0.6 is 0 Å². The normalized spacial score (nSPS) is 11.2. The van der Waals surface area contributed by atoms with E-state index in [0.29, 0.717) is 13.1 Å². The van der Waals surface area contributed by atoms with E-state index in [1.807, 2.05) is 0 Å². The lowest BCUT2D eigenvalue weighted by atomic mass is 10.1. The van der Waals surface area contributed by atoms with Crippen molar-refractivity contribution in [3.05, 3.63) is 38.0 Å². The molecule has 0 heterocycles. The average Bonchev–Trinajstić information content (AvgIpc) is 2.44. The number of amides is 2. The van der Waals surface area contributed by atoms with E-state index in [0.717, 1.165) is 23.1 Å². The molecule has 0 saturated carbocycles. The number of ketones is 1. The number of hydrogen-bond donors (Lipinski definition) is 2. The summed E-state index contributed by atoms with van der Waals surface area (Å²) < 4.78 is 0. The van der Waals surface area contributed by atoms with Gasteiger partial charge in [-0.1, -0.05) is 19.7 Å². The van der Waals surface area contributed by atoms with Gasteiger partial charge in [-0.05, 0) is 18.2 Å². The van der Waals surface area contributed by atoms with Crippen LogP contribution in [0.15, 0.2) is 38.0 Å². The van der Waals surface area contributed by atoms with Gasteiger partial charge in [0.05, 0.1) is 0 Å². The summed E-state index contributed by atoms with van der Waals surface area (Å²) in [7, 11) is 0. The Morgan fingerprint density at radius 3 is 2.00 bits per heavy atom. The van der Waals surface area contributed by atoms with Crippen LogP contribution in [0.2, 0.25) is 0 Å². The molecule has 0 saturated heterocycles. The molecule has 0 aliphatic carbocycles. The summed E-state index contributed by atoms with van der Waals surface area (Å²) in [4.78, 5) is 36.0. The lowest BCUT2D eigenvalue weighted by Crippen LogP contribution is -2.52. The number of carbonyl (C=O) groups excluding carboxylic acids is 3. The average molecular weight is 265 g/mol. The lowest BCUT2D eigenvalue weighted by molar-refractivity contribution is -0.145. The van der Waals surface area contributed by atoms with E-state index in [9.17, 15) is 14.4 Å². The van der Waals surface area contributed by atoms with Crippen molar-refractivity contribution in [2.75, 3.05) is 19.6 Å². The second-order valence-electron chi connectivity index (χ2n) is 3.57. The summed E-state index contributed by atoms with van der Waals surface area (Å²) in [5.74, 6) is -1.78. The number of nitrogens with two attached hydrogens (primary N) is 1. The minimum absolute atomic E-state index is 0.0984. The number of imide groups is 1. The van der Waals surface area contributed by atoms with Crippen molar-refractivity contribution in [1.29, 1.82) is 0 Å². The first-order chi connectivity index (χ1) is 9.03. The number of nitrogens with zero attached hydrogens (tertiary/aromatic N) is 1. The molecule has 6 heteroatoms. The molecule has 0 fully saturated rings. The minimum Gasteiger partial charge on any atom is -0.329 e. The summed E-state index contributed by atoms with van der Waals surface area (Å²) >= 11 is 0. The molecular weight excluding hydrogens is 246 g/mol. The SMILES string of the molecule is C=CC(=O)C(CNCCN)N(C(=O)C=C)C(=O)C=C. The third kappa shape index (κ3) is 4.99. The Kier molecular flexibility index (Phi) is 7.99. The second kappa shape index (κ2) is 8.96. The molecule has 19 heavy (non-hydrogen) atoms. The van der Waals surface area contributed by atoms with Gasteiger partial charge in [0.25, 0.3) is 11.8 Å². The van der Waals surface area contributed by atoms with E-state index >= 15 is 0 Å². The molecule has 2 amide bonds. The molecule has 0 bridgehead atoms. The highest BCUT2D eigenvalue weighted by atomic mass is 16.2. The monoisotopic (exact) mass is 265 g/mol. The Hall–Kier alpha value is -2.05. The predicted molar refractivity (Wildman–Crippen MR) is 73.2 cm³/mol. The summed E-state index contributed by atoms with van der Waals surface area (Å²) in [6.45, 7) is 10.9. The van der Waals surface area contributed by atoms with Gasteiger partial charge >= 0.3 is 0 Å². The van der Waals surface area contributed by atoms with Gasteiger partial charge in [-0.25, -0.2) is 0 Å². The molecule has 0 aromatic carbocycles. The van der Waals surface area contributed by atoms with E-state index in [1.165, 1.54) is 0 Å². The maximum absolute atomic E-state index is 11.8. The highest BCUT2D eigenvalue weighted by Gasteiger charge is 2.30. The zero-order valence-electron chi connectivity index (χ0n) is 10.8. The summed E-state index contributed by atoms with van der Waals surface area (Å²) in [5.41, 5.74) is 5.32. The molecule has 1 unspecified atom stereocenters. The third-order valence-electron chi connectivity index (χ3n) is 2.32. The lowest BCUT2D eigenvalue weighted by Gasteiger charge is -2.26. The highest BCUT2D eigenvalue weighted by Crippen LogP contribution is 2.05. The van der Waals surface area contributed by atoms with Crippen molar-refractivity contribution in [1.82, 2.24) is 10.2 Å². The van der Waals surface area contributed by atoms with Gasteiger partial charge in [-0.2, -0.15) is 0 Å². The van der Waals surface area contributed by atoms with E-state index in [-0.39, 0.29) is 6.54 Å². The molecule has 1 atom stereocenters. The highest BCUT2D eigenvalue weighted by molar-refractivity contribution is 6.09. The summed E-state index contributed by atoms with van der Waals surface area (Å²) in [6.07, 6.45) is 3.00. The molecule has 6 nitrogen and oxygen atoms in total. The zero-order valence-corrected chi connectivity index (χ0v) is 10.8. The van der Waals surface area contributed by atoms with Gasteiger partial charge in [0.15, 0.2) is 5.78 Å². The van der Waals surface area contributed by atoms with Crippen LogP contribution < -0.4 is 11.1 Å². The Balaban J connectivity index is 5.22. The molecule has 104 valence electrons. The van der Waals surface area contributed by atoms with Crippen LogP contribution in [0.5, 0.6) is 0 Å². The van der Waals surface area contributed by atoms with Crippen LogP contribution in [-0.4, -0.2) is 48.2 Å². The van der Waals surface area contributed by atoms with E-state index in [1.54, 1.807) is 0 Å². The fourth-order valence-electron chi connectivity index (χ4n) is 1.41. The van der Waals surface area contributed by atoms with Gasteiger partial charge in [-0.3, -0.25) is 19.3 Å². The number of hydrogen-bond acceptors (Lipinski definition) is 5. The fraction of sp³-hybridized carbons (Fsp3) is 0.308. The summed E-state index contributed by atoms with van der Waals surface area (Å²) in [6, 6.07) is -0.986. The Morgan fingerprint density at radius 2 is 1.63 bits per heavy atom. The van der Waals surface area contributed by atoms with Crippen molar-refractivity contribution in [2.24, 2.45) is 5.73 Å². The quantitative estimate of drug-likeness (QED) is 0.428. The van der Waals surface area contributed by atoms with Crippen LogP contribution in [0.4, 0.5) is 0 Å². The van der Waals surface area contributed by atoms with Gasteiger partial charge in [-0.15, -0.1) is 0 Å². The smallest absolute Gasteiger partial charge is 0.253 e. The van der Waals surface area contributed by atoms with E-state index in [4.69, 9.17) is 5.73 Å². The van der Waals surface area contributed by atoms with Crippen LogP contribution in [0, 0.1) is 0 Å². The van der Waals surface area contributed by atoms with Crippen molar-refractivity contribution in [3.63, 3.8) is 0 Å². The molecule has 0 aromatic heterocycles. The van der Waals surface area contributed by atoms with Crippen LogP contribution in [0.3, 0.4) is 0 Å². The molecule has 0 aliphatic rings. The van der Waals surface area contributed by atoms with E-state index in [2.05, 4.69) is 25.1 Å². The first-order valence-electron chi connectivity index (χ1n) is 5.72. The Bertz CT molecular complexity index is 371. The maximum atomic E-state index is 11.8. The zero-order chi connectivity index (χ0) is 14.8. The molecule has 0 rings (SSSR count). The maximum Gasteiger partial charge on any atom is 0.253 e. The minimum atomic E-state index is -0.986. The Labute approximate surface area is 112 Å². The summed E-state index contributed by atoms with van der Waals surface area (Å²) in [5, 5.41) is 2.88. The van der Waals surface area contributed by atoms with Crippen molar-refractivity contribution in [3.8, 4) is 0 Å². The third-order valence-corrected chi connectivity index (χ3v) is 2.32. The number of rotatable bonds is 9. The molecule has 0 aliphatic heterocycles. The van der Waals surface area contributed by atoms with Crippen molar-refractivity contribution >= 4 is 17.6 Å². The molecular formula is C13H19N3O3. The van der Waals surface area contributed by atoms with Gasteiger partial charge < -0.3 is 11.1 Å². The van der Waals surface area contributed by atoms with Crippen molar-refractivity contribution in [2.45, 2.75) is 6.04 Å². The number of carbonyl (C=O) groups is 3. The standard InChI is InChI=1S/C13H19N3O3/c1-4-11(17)10(9-15-8-7-14)16(12(18)5-2)13(19)6-3/h4-6,10,15H,1-3,7-9,14H2. The molecule has 0 aromatic rings. The van der Waals surface area contributed by atoms with Gasteiger partial charge in [0, 0.05) is 19.6 Å². The molecule has 0 spiro atoms. The second-order valence-corrected chi connectivity index (χ2v) is 3.57. The first kappa shape index (κ1) is 16.9. The van der Waals surface area contributed by atoms with Crippen LogP contribution in [-0.2, 0) is 14.4 Å². The molecule has 3 N–H and O–H groups in total. The first-order valence-corrected chi connectivity index (χ1v) is 5.72. The number of nitrogens with one attached hydrogen (secondary N) is 1. The largest absolute Gasteiger partial charge is 0.329 e. The topological polar surface area (TPSA) is 92.5 Å². The van der Waals surface area contributed by atoms with E-state index < -0.39 is 23.6 Å². The Morgan fingerprint density at radius 1 is 1.11 bits per heavy atom. The molecule has 0 radical (unpaired) electrons. The van der Waals surface area contributed by atoms with Gasteiger partial charge in [0.2, 0.25) is 0 Å². The van der Waals surface area contributed by atoms with Crippen LogP contribution in [0.25, 0.3) is 0 Å². The van der Waals surface area contributed by atoms with Crippen molar-refractivity contribution < 1.29 is 14.4 Å². The predicted octanol–water partition coefficient (Wildman–Crippen LogP) is -0.614. The van der Waals surface area contributed by atoms with Crippen LogP contribution in [0.1, 0.15) is 0 Å². The van der Waals surface area contributed by atoms with Gasteiger partial charge in [0.1, 0.15) is 6.04 Å². The fourth-order valence-corrected chi connectivity index (χ4v) is 1.41.